The monoisotopic (exact) mass is 349 g/mol. The normalized spacial score (nSPS) is 28.2. The van der Waals surface area contributed by atoms with Gasteiger partial charge in [-0.1, -0.05) is 0 Å². The summed E-state index contributed by atoms with van der Waals surface area (Å²) in [5.41, 5.74) is 0. The highest BCUT2D eigenvalue weighted by molar-refractivity contribution is 5.86. The number of carbonyl (C=O) groups excluding carboxylic acids is 2. The molecule has 1 aliphatic carbocycles. The number of nitrogens with one attached hydrogen (secondary N) is 1. The molecule has 3 rings (SSSR count). The van der Waals surface area contributed by atoms with Crippen molar-refractivity contribution < 1.29 is 27.5 Å². The van der Waals surface area contributed by atoms with E-state index in [-0.39, 0.29) is 18.5 Å². The molecule has 0 aromatic rings. The highest BCUT2D eigenvalue weighted by Gasteiger charge is 2.40. The van der Waals surface area contributed by atoms with E-state index in [4.69, 9.17) is 0 Å². The summed E-state index contributed by atoms with van der Waals surface area (Å²) < 4.78 is 40.7. The van der Waals surface area contributed by atoms with Crippen LogP contribution in [0.3, 0.4) is 0 Å². The first kappa shape index (κ1) is 17.3. The number of ether oxygens (including phenoxy) is 1. The summed E-state index contributed by atoms with van der Waals surface area (Å²) in [6, 6.07) is -0.0420. The topological polar surface area (TPSA) is 61.9 Å². The first-order valence-electron chi connectivity index (χ1n) is 8.38. The van der Waals surface area contributed by atoms with Crippen LogP contribution in [0.5, 0.6) is 0 Å². The average Bonchev–Trinajstić information content (AvgIpc) is 3.06. The smallest absolute Gasteiger partial charge is 0.422 e. The van der Waals surface area contributed by atoms with Crippen molar-refractivity contribution >= 4 is 12.0 Å². The number of carbonyl (C=O) groups is 2. The molecule has 0 radical (unpaired) electrons. The van der Waals surface area contributed by atoms with Crippen LogP contribution in [0.15, 0.2) is 0 Å². The van der Waals surface area contributed by atoms with Crippen LogP contribution in [0.2, 0.25) is 0 Å². The lowest BCUT2D eigenvalue weighted by molar-refractivity contribution is -0.162. The number of hydrogen-bond donors (Lipinski definition) is 1. The summed E-state index contributed by atoms with van der Waals surface area (Å²) in [6.45, 7) is 0.378. The zero-order valence-electron chi connectivity index (χ0n) is 13.3. The number of hydrogen-bond acceptors (Lipinski definition) is 4. The maximum atomic E-state index is 12.4. The molecular formula is C15H22F3N3O3. The number of rotatable bonds is 4. The lowest BCUT2D eigenvalue weighted by Crippen LogP contribution is -2.49. The molecule has 0 aromatic carbocycles. The van der Waals surface area contributed by atoms with E-state index in [1.54, 1.807) is 0 Å². The maximum absolute atomic E-state index is 12.4. The van der Waals surface area contributed by atoms with Crippen LogP contribution in [0.25, 0.3) is 0 Å². The molecule has 2 aliphatic heterocycles. The van der Waals surface area contributed by atoms with E-state index in [0.717, 1.165) is 24.4 Å². The third-order valence-electron chi connectivity index (χ3n) is 4.78. The van der Waals surface area contributed by atoms with Gasteiger partial charge in [-0.05, 0) is 32.1 Å². The molecule has 2 amide bonds. The number of nitrogens with zero attached hydrogens (tertiary/aromatic N) is 2. The average molecular weight is 349 g/mol. The van der Waals surface area contributed by atoms with Crippen molar-refractivity contribution in [2.24, 2.45) is 0 Å². The van der Waals surface area contributed by atoms with E-state index >= 15 is 0 Å². The van der Waals surface area contributed by atoms with Crippen LogP contribution in [0.1, 0.15) is 32.1 Å². The fourth-order valence-corrected chi connectivity index (χ4v) is 3.46. The Morgan fingerprint density at radius 1 is 1.12 bits per heavy atom. The minimum absolute atomic E-state index is 0.0479. The van der Waals surface area contributed by atoms with Crippen molar-refractivity contribution in [3.8, 4) is 0 Å². The van der Waals surface area contributed by atoms with Crippen LogP contribution >= 0.6 is 0 Å². The molecule has 0 aromatic heterocycles. The third-order valence-corrected chi connectivity index (χ3v) is 4.78. The zero-order chi connectivity index (χ0) is 17.3. The van der Waals surface area contributed by atoms with Crippen LogP contribution < -0.4 is 5.32 Å². The Morgan fingerprint density at radius 3 is 2.54 bits per heavy atom. The van der Waals surface area contributed by atoms with Crippen LogP contribution in [0.4, 0.5) is 18.0 Å². The molecule has 2 saturated heterocycles. The van der Waals surface area contributed by atoms with Gasteiger partial charge in [0.1, 0.15) is 6.04 Å². The molecule has 0 spiro atoms. The Bertz CT molecular complexity index is 496. The van der Waals surface area contributed by atoms with Crippen molar-refractivity contribution in [3.05, 3.63) is 0 Å². The molecule has 1 N–H and O–H groups in total. The highest BCUT2D eigenvalue weighted by atomic mass is 19.4. The predicted molar refractivity (Wildman–Crippen MR) is 78.3 cm³/mol. The Morgan fingerprint density at radius 2 is 1.88 bits per heavy atom. The molecule has 9 heteroatoms. The van der Waals surface area contributed by atoms with Gasteiger partial charge in [-0.3, -0.25) is 14.6 Å². The minimum atomic E-state index is -4.57. The van der Waals surface area contributed by atoms with E-state index in [2.05, 4.69) is 15.0 Å². The zero-order valence-corrected chi connectivity index (χ0v) is 13.3. The summed E-state index contributed by atoms with van der Waals surface area (Å²) >= 11 is 0. The SMILES string of the molecule is O=C(NC1CCN(C2CC2)C1)C1CCCN1C(=O)OCC(F)(F)F. The molecule has 2 unspecified atom stereocenters. The van der Waals surface area contributed by atoms with Crippen molar-refractivity contribution in [3.63, 3.8) is 0 Å². The summed E-state index contributed by atoms with van der Waals surface area (Å²) in [7, 11) is 0. The first-order chi connectivity index (χ1) is 11.3. The van der Waals surface area contributed by atoms with Gasteiger partial charge >= 0.3 is 12.3 Å². The first-order valence-corrected chi connectivity index (χ1v) is 8.38. The van der Waals surface area contributed by atoms with Gasteiger partial charge in [0.05, 0.1) is 0 Å². The van der Waals surface area contributed by atoms with Gasteiger partial charge < -0.3 is 10.1 Å². The number of alkyl halides is 3. The standard InChI is InChI=1S/C15H22F3N3O3/c16-15(17,18)9-24-14(23)21-6-1-2-12(21)13(22)19-10-5-7-20(8-10)11-3-4-11/h10-12H,1-9H2,(H,19,22). The van der Waals surface area contributed by atoms with Gasteiger partial charge in [-0.25, -0.2) is 4.79 Å². The molecule has 0 bridgehead atoms. The molecule has 3 aliphatic rings. The number of amides is 2. The minimum Gasteiger partial charge on any atom is -0.440 e. The summed E-state index contributed by atoms with van der Waals surface area (Å²) in [5, 5.41) is 2.94. The molecule has 3 fully saturated rings. The molecule has 2 atom stereocenters. The second kappa shape index (κ2) is 6.78. The summed E-state index contributed by atoms with van der Waals surface area (Å²) in [5.74, 6) is -0.292. The molecule has 2 heterocycles. The van der Waals surface area contributed by atoms with E-state index in [0.29, 0.717) is 18.9 Å². The van der Waals surface area contributed by atoms with Gasteiger partial charge in [-0.15, -0.1) is 0 Å². The molecule has 1 saturated carbocycles. The van der Waals surface area contributed by atoms with Gasteiger partial charge in [-0.2, -0.15) is 13.2 Å². The van der Waals surface area contributed by atoms with Gasteiger partial charge in [0, 0.05) is 31.7 Å². The molecule has 24 heavy (non-hydrogen) atoms. The van der Waals surface area contributed by atoms with Crippen molar-refractivity contribution in [1.29, 1.82) is 0 Å². The number of likely N-dealkylation sites (tertiary alicyclic amines) is 2. The maximum Gasteiger partial charge on any atom is 0.422 e. The van der Waals surface area contributed by atoms with E-state index < -0.39 is 24.9 Å². The van der Waals surface area contributed by atoms with Crippen molar-refractivity contribution in [2.45, 2.75) is 56.4 Å². The summed E-state index contributed by atoms with van der Waals surface area (Å²) in [4.78, 5) is 27.7. The second-order valence-electron chi connectivity index (χ2n) is 6.74. The Kier molecular flexibility index (Phi) is 4.89. The highest BCUT2D eigenvalue weighted by Crippen LogP contribution is 2.30. The van der Waals surface area contributed by atoms with E-state index in [1.165, 1.54) is 12.8 Å². The van der Waals surface area contributed by atoms with Gasteiger partial charge in [0.25, 0.3) is 0 Å². The fraction of sp³-hybridized carbons (Fsp3) is 0.867. The van der Waals surface area contributed by atoms with E-state index in [9.17, 15) is 22.8 Å². The Hall–Kier alpha value is -1.51. The predicted octanol–water partition coefficient (Wildman–Crippen LogP) is 1.50. The Labute approximate surface area is 138 Å². The fourth-order valence-electron chi connectivity index (χ4n) is 3.46. The largest absolute Gasteiger partial charge is 0.440 e. The van der Waals surface area contributed by atoms with Crippen LogP contribution in [0, 0.1) is 0 Å². The number of halogens is 3. The quantitative estimate of drug-likeness (QED) is 0.836. The van der Waals surface area contributed by atoms with Crippen LogP contribution in [-0.2, 0) is 9.53 Å². The van der Waals surface area contributed by atoms with Gasteiger partial charge in [0.2, 0.25) is 5.91 Å². The lowest BCUT2D eigenvalue weighted by Gasteiger charge is -2.25. The Balaban J connectivity index is 1.49. The molecule has 6 nitrogen and oxygen atoms in total. The van der Waals surface area contributed by atoms with E-state index in [1.807, 2.05) is 0 Å². The van der Waals surface area contributed by atoms with Crippen molar-refractivity contribution in [2.75, 3.05) is 26.2 Å². The van der Waals surface area contributed by atoms with Crippen molar-refractivity contribution in [1.82, 2.24) is 15.1 Å². The van der Waals surface area contributed by atoms with Crippen LogP contribution in [-0.4, -0.2) is 72.3 Å². The molecule has 136 valence electrons. The molecular weight excluding hydrogens is 327 g/mol. The van der Waals surface area contributed by atoms with Gasteiger partial charge in [0.15, 0.2) is 6.61 Å². The third kappa shape index (κ3) is 4.31. The summed E-state index contributed by atoms with van der Waals surface area (Å²) in [6.07, 6.45) is -1.32. The second-order valence-corrected chi connectivity index (χ2v) is 6.74. The lowest BCUT2D eigenvalue weighted by atomic mass is 10.2.